The molecule has 0 unspecified atom stereocenters. The van der Waals surface area contributed by atoms with E-state index in [0.29, 0.717) is 0 Å². The largest absolute Gasteiger partial charge is 0.396 e. The predicted octanol–water partition coefficient (Wildman–Crippen LogP) is 1.51. The molecule has 3 N–H and O–H groups in total. The number of benzene rings is 1. The van der Waals surface area contributed by atoms with E-state index in [1.54, 1.807) is 0 Å². The van der Waals surface area contributed by atoms with Crippen LogP contribution in [-0.4, -0.2) is 13.6 Å². The fourth-order valence-electron chi connectivity index (χ4n) is 1.42. The Morgan fingerprint density at radius 2 is 2.17 bits per heavy atom. The van der Waals surface area contributed by atoms with Gasteiger partial charge in [0.15, 0.2) is 0 Å². The quantitative estimate of drug-likeness (QED) is 0.824. The van der Waals surface area contributed by atoms with Gasteiger partial charge >= 0.3 is 0 Å². The number of nitrogens with two attached hydrogens (primary N) is 1. The number of nitrogens with one attached hydrogen (secondary N) is 1. The third-order valence-electron chi connectivity index (χ3n) is 2.27. The minimum atomic E-state index is -3.85. The highest BCUT2D eigenvalue weighted by atomic mass is 32.2. The average Bonchev–Trinajstić information content (AvgIpc) is 2.75. The van der Waals surface area contributed by atoms with E-state index in [-0.39, 0.29) is 21.8 Å². The van der Waals surface area contributed by atoms with E-state index in [4.69, 9.17) is 5.73 Å². The molecule has 2 rings (SSSR count). The maximum atomic E-state index is 13.2. The lowest BCUT2D eigenvalue weighted by Gasteiger charge is -2.09. The van der Waals surface area contributed by atoms with Gasteiger partial charge in [-0.25, -0.2) is 12.8 Å². The number of halogens is 1. The Morgan fingerprint density at radius 3 is 2.78 bits per heavy atom. The van der Waals surface area contributed by atoms with Crippen molar-refractivity contribution >= 4 is 21.4 Å². The minimum absolute atomic E-state index is 0.0948. The Morgan fingerprint density at radius 1 is 1.44 bits per heavy atom. The van der Waals surface area contributed by atoms with Gasteiger partial charge in [0.25, 0.3) is 10.0 Å². The molecule has 0 saturated heterocycles. The van der Waals surface area contributed by atoms with Gasteiger partial charge in [-0.05, 0) is 24.6 Å². The first-order valence-electron chi connectivity index (χ1n) is 4.88. The molecule has 8 heteroatoms. The number of nitrogen functional groups attached to an aromatic ring is 1. The van der Waals surface area contributed by atoms with Crippen LogP contribution in [0.25, 0.3) is 0 Å². The van der Waals surface area contributed by atoms with Crippen LogP contribution in [0.3, 0.4) is 0 Å². The molecule has 2 aromatic rings. The molecule has 0 bridgehead atoms. The smallest absolute Gasteiger partial charge is 0.262 e. The van der Waals surface area contributed by atoms with Gasteiger partial charge in [0.2, 0.25) is 0 Å². The number of hydrogen-bond donors (Lipinski definition) is 2. The van der Waals surface area contributed by atoms with Crippen LogP contribution in [0.2, 0.25) is 0 Å². The maximum Gasteiger partial charge on any atom is 0.262 e. The summed E-state index contributed by atoms with van der Waals surface area (Å²) >= 11 is 0. The van der Waals surface area contributed by atoms with Crippen LogP contribution >= 0.6 is 0 Å². The number of rotatable bonds is 3. The van der Waals surface area contributed by atoms with Gasteiger partial charge in [0.1, 0.15) is 17.8 Å². The summed E-state index contributed by atoms with van der Waals surface area (Å²) in [5.74, 6) is -0.656. The molecular weight excluding hydrogens is 261 g/mol. The number of aryl methyl sites for hydroxylation is 1. The van der Waals surface area contributed by atoms with E-state index in [9.17, 15) is 12.8 Å². The van der Waals surface area contributed by atoms with E-state index in [0.717, 1.165) is 18.4 Å². The van der Waals surface area contributed by atoms with Gasteiger partial charge in [-0.15, -0.1) is 0 Å². The predicted molar refractivity (Wildman–Crippen MR) is 62.9 cm³/mol. The van der Waals surface area contributed by atoms with E-state index < -0.39 is 15.8 Å². The Balaban J connectivity index is 2.44. The second kappa shape index (κ2) is 4.30. The molecular formula is C10H10FN3O3S. The highest BCUT2D eigenvalue weighted by Crippen LogP contribution is 2.23. The van der Waals surface area contributed by atoms with Crippen LogP contribution in [0.5, 0.6) is 0 Å². The zero-order chi connectivity index (χ0) is 13.3. The highest BCUT2D eigenvalue weighted by Gasteiger charge is 2.19. The second-order valence-corrected chi connectivity index (χ2v) is 5.31. The van der Waals surface area contributed by atoms with Crippen LogP contribution in [0.1, 0.15) is 5.56 Å². The van der Waals surface area contributed by atoms with Crippen LogP contribution < -0.4 is 10.5 Å². The van der Waals surface area contributed by atoms with Crippen molar-refractivity contribution < 1.29 is 17.3 Å². The van der Waals surface area contributed by atoms with Crippen molar-refractivity contribution in [2.75, 3.05) is 10.5 Å². The van der Waals surface area contributed by atoms with Crippen LogP contribution in [0.4, 0.5) is 15.8 Å². The first-order valence-corrected chi connectivity index (χ1v) is 6.36. The monoisotopic (exact) mass is 271 g/mol. The summed E-state index contributed by atoms with van der Waals surface area (Å²) in [6.07, 6.45) is 2.35. The third-order valence-corrected chi connectivity index (χ3v) is 3.79. The summed E-state index contributed by atoms with van der Waals surface area (Å²) in [6.45, 7) is 1.48. The Hall–Kier alpha value is -2.09. The molecule has 0 fully saturated rings. The van der Waals surface area contributed by atoms with E-state index in [2.05, 4.69) is 14.4 Å². The Kier molecular flexibility index (Phi) is 2.95. The van der Waals surface area contributed by atoms with Gasteiger partial charge in [-0.1, -0.05) is 5.16 Å². The molecule has 18 heavy (non-hydrogen) atoms. The summed E-state index contributed by atoms with van der Waals surface area (Å²) in [5, 5.41) is 3.37. The lowest BCUT2D eigenvalue weighted by Crippen LogP contribution is -2.14. The fraction of sp³-hybridized carbons (Fsp3) is 0.100. The second-order valence-electron chi connectivity index (χ2n) is 3.66. The number of anilines is 2. The number of aromatic nitrogens is 1. The maximum absolute atomic E-state index is 13.2. The molecule has 0 atom stereocenters. The summed E-state index contributed by atoms with van der Waals surface area (Å²) in [6, 6.07) is 2.14. The molecule has 0 saturated carbocycles. The van der Waals surface area contributed by atoms with Crippen molar-refractivity contribution in [3.05, 3.63) is 36.0 Å². The number of hydrogen-bond acceptors (Lipinski definition) is 5. The molecule has 0 radical (unpaired) electrons. The molecule has 0 amide bonds. The summed E-state index contributed by atoms with van der Waals surface area (Å²) < 4.78 is 44.0. The van der Waals surface area contributed by atoms with Crippen molar-refractivity contribution in [3.8, 4) is 0 Å². The van der Waals surface area contributed by atoms with Gasteiger partial charge in [-0.2, -0.15) is 0 Å². The number of sulfonamides is 1. The lowest BCUT2D eigenvalue weighted by atomic mass is 10.2. The van der Waals surface area contributed by atoms with E-state index >= 15 is 0 Å². The molecule has 96 valence electrons. The van der Waals surface area contributed by atoms with Crippen molar-refractivity contribution in [1.29, 1.82) is 0 Å². The van der Waals surface area contributed by atoms with Gasteiger partial charge in [0, 0.05) is 0 Å². The van der Waals surface area contributed by atoms with Crippen molar-refractivity contribution in [3.63, 3.8) is 0 Å². The lowest BCUT2D eigenvalue weighted by molar-refractivity contribution is 0.420. The SMILES string of the molecule is Cc1cc(F)c(N)cc1S(=O)(=O)Nc1cnoc1. The van der Waals surface area contributed by atoms with Crippen molar-refractivity contribution in [2.45, 2.75) is 11.8 Å². The average molecular weight is 271 g/mol. The zero-order valence-corrected chi connectivity index (χ0v) is 10.2. The fourth-order valence-corrected chi connectivity index (χ4v) is 2.71. The first-order chi connectivity index (χ1) is 8.40. The standard InChI is InChI=1S/C10H10FN3O3S/c1-6-2-8(11)9(12)3-10(6)18(15,16)14-7-4-13-17-5-7/h2-5,14H,12H2,1H3. The molecule has 6 nitrogen and oxygen atoms in total. The molecule has 0 aliphatic carbocycles. The molecule has 1 aromatic carbocycles. The van der Waals surface area contributed by atoms with Crippen LogP contribution in [0.15, 0.2) is 34.0 Å². The zero-order valence-electron chi connectivity index (χ0n) is 9.34. The highest BCUT2D eigenvalue weighted by molar-refractivity contribution is 7.92. The van der Waals surface area contributed by atoms with Gasteiger partial charge in [-0.3, -0.25) is 4.72 Å². The van der Waals surface area contributed by atoms with E-state index in [1.807, 2.05) is 0 Å². The summed E-state index contributed by atoms with van der Waals surface area (Å²) in [5.41, 5.74) is 5.56. The van der Waals surface area contributed by atoms with E-state index in [1.165, 1.54) is 13.1 Å². The van der Waals surface area contributed by atoms with Crippen LogP contribution in [0, 0.1) is 12.7 Å². The Labute approximate surface area is 103 Å². The summed E-state index contributed by atoms with van der Waals surface area (Å²) in [7, 11) is -3.85. The Bertz CT molecular complexity index is 668. The van der Waals surface area contributed by atoms with Crippen LogP contribution in [-0.2, 0) is 10.0 Å². The summed E-state index contributed by atoms with van der Waals surface area (Å²) in [4.78, 5) is -0.0948. The number of nitrogens with zero attached hydrogens (tertiary/aromatic N) is 1. The molecule has 0 aliphatic heterocycles. The van der Waals surface area contributed by atoms with Crippen molar-refractivity contribution in [2.24, 2.45) is 0 Å². The minimum Gasteiger partial charge on any atom is -0.396 e. The topological polar surface area (TPSA) is 98.2 Å². The third kappa shape index (κ3) is 2.28. The normalized spacial score (nSPS) is 11.4. The molecule has 0 spiro atoms. The van der Waals surface area contributed by atoms with Crippen molar-refractivity contribution in [1.82, 2.24) is 5.16 Å². The molecule has 1 aromatic heterocycles. The first kappa shape index (κ1) is 12.4. The van der Waals surface area contributed by atoms with Gasteiger partial charge in [0.05, 0.1) is 16.8 Å². The van der Waals surface area contributed by atoms with Gasteiger partial charge < -0.3 is 10.3 Å². The molecule has 0 aliphatic rings. The molecule has 1 heterocycles.